The quantitative estimate of drug-likeness (QED) is 0.272. The molecule has 0 spiro atoms. The van der Waals surface area contributed by atoms with Gasteiger partial charge in [0.05, 0.1) is 27.4 Å². The predicted molar refractivity (Wildman–Crippen MR) is 106 cm³/mol. The lowest BCUT2D eigenvalue weighted by atomic mass is 9.84. The normalized spacial score (nSPS) is 14.6. The molecule has 1 atom stereocenters. The van der Waals surface area contributed by atoms with Gasteiger partial charge < -0.3 is 14.1 Å². The van der Waals surface area contributed by atoms with E-state index in [4.69, 9.17) is 9.15 Å². The topological polar surface area (TPSA) is 128 Å². The van der Waals surface area contributed by atoms with E-state index in [9.17, 15) is 19.7 Å². The molecule has 148 valence electrons. The van der Waals surface area contributed by atoms with Crippen molar-refractivity contribution in [1.29, 1.82) is 0 Å². The van der Waals surface area contributed by atoms with Crippen LogP contribution < -0.4 is 15.9 Å². The monoisotopic (exact) mass is 403 g/mol. The molecule has 0 fully saturated rings. The van der Waals surface area contributed by atoms with Gasteiger partial charge in [0.15, 0.2) is 5.75 Å². The molecule has 4 aromatic rings. The highest BCUT2D eigenvalue weighted by molar-refractivity contribution is 5.86. The largest absolute Gasteiger partial charge is 0.437 e. The summed E-state index contributed by atoms with van der Waals surface area (Å²) in [5.41, 5.74) is -0.0842. The fraction of sp³-hybridized carbons (Fsp3) is 0.0952. The summed E-state index contributed by atoms with van der Waals surface area (Å²) in [7, 11) is 0. The van der Waals surface area contributed by atoms with E-state index < -0.39 is 22.0 Å². The summed E-state index contributed by atoms with van der Waals surface area (Å²) in [5.74, 6) is -0.155. The van der Waals surface area contributed by atoms with Crippen molar-refractivity contribution < 1.29 is 14.1 Å². The van der Waals surface area contributed by atoms with Crippen molar-refractivity contribution in [2.75, 3.05) is 0 Å². The van der Waals surface area contributed by atoms with Gasteiger partial charge in [-0.1, -0.05) is 24.3 Å². The molecule has 2 aromatic carbocycles. The first-order chi connectivity index (χ1) is 14.4. The van der Waals surface area contributed by atoms with Gasteiger partial charge in [0.2, 0.25) is 5.88 Å². The summed E-state index contributed by atoms with van der Waals surface area (Å²) < 4.78 is 11.4. The van der Waals surface area contributed by atoms with Gasteiger partial charge in [0.25, 0.3) is 11.2 Å². The van der Waals surface area contributed by atoms with E-state index >= 15 is 0 Å². The zero-order valence-corrected chi connectivity index (χ0v) is 15.5. The molecular weight excluding hydrogens is 390 g/mol. The number of nitro benzene ring substituents is 1. The van der Waals surface area contributed by atoms with E-state index in [2.05, 4.69) is 9.97 Å². The lowest BCUT2D eigenvalue weighted by molar-refractivity contribution is -0.384. The molecule has 0 amide bonds. The number of H-pyrrole nitrogens is 1. The maximum absolute atomic E-state index is 12.9. The summed E-state index contributed by atoms with van der Waals surface area (Å²) in [6, 6.07) is 12.6. The standard InChI is InChI=1S/C21H13N3O6/c1-10-22-19(25)17-15(11-6-8-12(9-7-11)24(27)28)16-18(30-20(17)23-10)13-4-2-3-5-14(13)29-21(16)26/h2-9,15H,1H3,(H,22,23,25)/t15-/m0/s1. The van der Waals surface area contributed by atoms with Gasteiger partial charge in [-0.2, -0.15) is 4.98 Å². The van der Waals surface area contributed by atoms with Crippen LogP contribution >= 0.6 is 0 Å². The van der Waals surface area contributed by atoms with Crippen LogP contribution in [0.15, 0.2) is 62.5 Å². The van der Waals surface area contributed by atoms with Crippen LogP contribution in [0, 0.1) is 17.0 Å². The number of non-ortho nitro benzene ring substituents is 1. The van der Waals surface area contributed by atoms with Crippen molar-refractivity contribution in [3.8, 4) is 11.6 Å². The summed E-state index contributed by atoms with van der Waals surface area (Å²) in [5, 5.41) is 11.6. The van der Waals surface area contributed by atoms with E-state index in [0.29, 0.717) is 22.4 Å². The van der Waals surface area contributed by atoms with Crippen LogP contribution in [0.1, 0.15) is 28.4 Å². The van der Waals surface area contributed by atoms with Crippen LogP contribution in [0.2, 0.25) is 0 Å². The number of para-hydroxylation sites is 1. The van der Waals surface area contributed by atoms with Crippen molar-refractivity contribution in [3.05, 3.63) is 102 Å². The Labute approximate surface area is 167 Å². The molecular formula is C21H13N3O6. The Morgan fingerprint density at radius 1 is 1.07 bits per heavy atom. The molecule has 9 heteroatoms. The van der Waals surface area contributed by atoms with Crippen molar-refractivity contribution in [1.82, 2.24) is 9.97 Å². The highest BCUT2D eigenvalue weighted by atomic mass is 16.6. The number of rotatable bonds is 2. The molecule has 0 saturated heterocycles. The number of nitro groups is 1. The fourth-order valence-corrected chi connectivity index (χ4v) is 3.76. The minimum absolute atomic E-state index is 0.0860. The third-order valence-corrected chi connectivity index (χ3v) is 5.05. The first kappa shape index (κ1) is 17.8. The summed E-state index contributed by atoms with van der Waals surface area (Å²) in [4.78, 5) is 43.2. The van der Waals surface area contributed by atoms with Crippen LogP contribution in [0.4, 0.5) is 5.69 Å². The molecule has 0 bridgehead atoms. The number of nitrogens with zero attached hydrogens (tertiary/aromatic N) is 2. The highest BCUT2D eigenvalue weighted by Gasteiger charge is 2.37. The maximum atomic E-state index is 12.9. The zero-order valence-electron chi connectivity index (χ0n) is 15.5. The van der Waals surface area contributed by atoms with Crippen molar-refractivity contribution >= 4 is 16.7 Å². The van der Waals surface area contributed by atoms with E-state index in [0.717, 1.165) is 0 Å². The SMILES string of the molecule is Cc1nc2c(c(=O)[nH]1)[C@@H](c1ccc([N+](=O)[O-])cc1)c1c(c3ccccc3oc1=O)O2. The van der Waals surface area contributed by atoms with Gasteiger partial charge in [0, 0.05) is 12.1 Å². The number of benzene rings is 2. The third-order valence-electron chi connectivity index (χ3n) is 5.05. The van der Waals surface area contributed by atoms with Crippen LogP contribution in [-0.4, -0.2) is 14.9 Å². The van der Waals surface area contributed by atoms with Gasteiger partial charge in [-0.25, -0.2) is 4.79 Å². The second-order valence-corrected chi connectivity index (χ2v) is 6.88. The average Bonchev–Trinajstić information content (AvgIpc) is 2.72. The Balaban J connectivity index is 1.86. The minimum Gasteiger partial charge on any atom is -0.437 e. The molecule has 1 N–H and O–H groups in total. The fourth-order valence-electron chi connectivity index (χ4n) is 3.76. The molecule has 5 rings (SSSR count). The van der Waals surface area contributed by atoms with Gasteiger partial charge in [0.1, 0.15) is 11.4 Å². The molecule has 3 heterocycles. The van der Waals surface area contributed by atoms with Gasteiger partial charge in [-0.05, 0) is 24.6 Å². The Hall–Kier alpha value is -4.27. The Kier molecular flexibility index (Phi) is 3.78. The lowest BCUT2D eigenvalue weighted by Crippen LogP contribution is -2.28. The van der Waals surface area contributed by atoms with Crippen molar-refractivity contribution in [3.63, 3.8) is 0 Å². The third kappa shape index (κ3) is 2.60. The maximum Gasteiger partial charge on any atom is 0.344 e. The number of aryl methyl sites for hydroxylation is 1. The number of aromatic amines is 1. The van der Waals surface area contributed by atoms with Crippen LogP contribution in [-0.2, 0) is 0 Å². The number of aromatic nitrogens is 2. The first-order valence-electron chi connectivity index (χ1n) is 9.03. The van der Waals surface area contributed by atoms with E-state index in [1.54, 1.807) is 31.2 Å². The first-order valence-corrected chi connectivity index (χ1v) is 9.03. The van der Waals surface area contributed by atoms with Crippen LogP contribution in [0.5, 0.6) is 11.6 Å². The van der Waals surface area contributed by atoms with Crippen LogP contribution in [0.25, 0.3) is 11.0 Å². The van der Waals surface area contributed by atoms with Crippen molar-refractivity contribution in [2.45, 2.75) is 12.8 Å². The predicted octanol–water partition coefficient (Wildman–Crippen LogP) is 3.38. The number of fused-ring (bicyclic) bond motifs is 4. The highest BCUT2D eigenvalue weighted by Crippen LogP contribution is 2.46. The molecule has 0 aliphatic carbocycles. The summed E-state index contributed by atoms with van der Waals surface area (Å²) in [6.45, 7) is 1.62. The molecule has 1 aliphatic heterocycles. The number of nitrogens with one attached hydrogen (secondary N) is 1. The Morgan fingerprint density at radius 3 is 2.53 bits per heavy atom. The molecule has 0 unspecified atom stereocenters. The van der Waals surface area contributed by atoms with Gasteiger partial charge >= 0.3 is 5.63 Å². The smallest absolute Gasteiger partial charge is 0.344 e. The minimum atomic E-state index is -0.859. The molecule has 9 nitrogen and oxygen atoms in total. The number of ether oxygens (including phenoxy) is 1. The Bertz CT molecular complexity index is 1450. The average molecular weight is 403 g/mol. The Morgan fingerprint density at radius 2 is 1.80 bits per heavy atom. The molecule has 2 aromatic heterocycles. The van der Waals surface area contributed by atoms with E-state index in [-0.39, 0.29) is 28.4 Å². The summed E-state index contributed by atoms with van der Waals surface area (Å²) in [6.07, 6.45) is 0. The van der Waals surface area contributed by atoms with E-state index in [1.165, 1.54) is 24.3 Å². The second kappa shape index (κ2) is 6.38. The molecule has 0 radical (unpaired) electrons. The molecule has 1 aliphatic rings. The molecule has 0 saturated carbocycles. The number of hydrogen-bond acceptors (Lipinski definition) is 7. The van der Waals surface area contributed by atoms with Crippen molar-refractivity contribution in [2.24, 2.45) is 0 Å². The number of hydrogen-bond donors (Lipinski definition) is 1. The molecule has 30 heavy (non-hydrogen) atoms. The second-order valence-electron chi connectivity index (χ2n) is 6.88. The van der Waals surface area contributed by atoms with E-state index in [1.807, 2.05) is 0 Å². The van der Waals surface area contributed by atoms with Gasteiger partial charge in [-0.3, -0.25) is 14.9 Å². The van der Waals surface area contributed by atoms with Gasteiger partial charge in [-0.15, -0.1) is 0 Å². The van der Waals surface area contributed by atoms with Crippen LogP contribution in [0.3, 0.4) is 0 Å². The zero-order chi connectivity index (χ0) is 21.0. The lowest BCUT2D eigenvalue weighted by Gasteiger charge is -2.26. The summed E-state index contributed by atoms with van der Waals surface area (Å²) >= 11 is 0.